The molecule has 18 heavy (non-hydrogen) atoms. The van der Waals surface area contributed by atoms with Gasteiger partial charge in [0.25, 0.3) is 0 Å². The van der Waals surface area contributed by atoms with Gasteiger partial charge in [-0.05, 0) is 18.9 Å². The molecule has 1 saturated carbocycles. The molecule has 94 valence electrons. The fraction of sp³-hybridized carbons (Fsp3) is 0.417. The molecule has 6 heteroatoms. The summed E-state index contributed by atoms with van der Waals surface area (Å²) in [4.78, 5) is 8.73. The second kappa shape index (κ2) is 4.57. The van der Waals surface area contributed by atoms with Crippen LogP contribution in [0.2, 0.25) is 5.15 Å². The first-order valence-corrected chi connectivity index (χ1v) is 6.35. The van der Waals surface area contributed by atoms with Crippen molar-refractivity contribution in [3.05, 3.63) is 35.0 Å². The van der Waals surface area contributed by atoms with Crippen molar-refractivity contribution in [3.63, 3.8) is 0 Å². The molecular formula is C12H14ClN5. The molecule has 0 atom stereocenters. The molecular weight excluding hydrogens is 250 g/mol. The van der Waals surface area contributed by atoms with Gasteiger partial charge >= 0.3 is 0 Å². The molecule has 5 nitrogen and oxygen atoms in total. The minimum absolute atomic E-state index is 0.496. The van der Waals surface area contributed by atoms with Gasteiger partial charge in [-0.1, -0.05) is 11.6 Å². The monoisotopic (exact) mass is 263 g/mol. The van der Waals surface area contributed by atoms with Crippen molar-refractivity contribution >= 4 is 17.4 Å². The molecule has 3 rings (SSSR count). The number of nitrogens with one attached hydrogen (secondary N) is 1. The van der Waals surface area contributed by atoms with E-state index in [1.165, 1.54) is 12.8 Å². The quantitative estimate of drug-likeness (QED) is 0.861. The summed E-state index contributed by atoms with van der Waals surface area (Å²) in [6, 6.07) is 3.72. The van der Waals surface area contributed by atoms with E-state index in [-0.39, 0.29) is 0 Å². The summed E-state index contributed by atoms with van der Waals surface area (Å²) in [7, 11) is 1.90. The van der Waals surface area contributed by atoms with E-state index in [0.717, 1.165) is 17.3 Å². The fourth-order valence-electron chi connectivity index (χ4n) is 1.79. The molecule has 0 radical (unpaired) electrons. The Labute approximate surface area is 110 Å². The maximum absolute atomic E-state index is 6.00. The van der Waals surface area contributed by atoms with E-state index in [1.807, 2.05) is 19.3 Å². The van der Waals surface area contributed by atoms with Gasteiger partial charge in [-0.15, -0.1) is 0 Å². The summed E-state index contributed by atoms with van der Waals surface area (Å²) in [5.74, 6) is 2.12. The van der Waals surface area contributed by atoms with Gasteiger partial charge in [0.1, 0.15) is 16.8 Å². The molecule has 1 N–H and O–H groups in total. The summed E-state index contributed by atoms with van der Waals surface area (Å²) < 4.78 is 1.78. The summed E-state index contributed by atoms with van der Waals surface area (Å²) in [6.07, 6.45) is 4.25. The van der Waals surface area contributed by atoms with Crippen LogP contribution in [0.1, 0.15) is 30.3 Å². The number of aromatic nitrogens is 4. The zero-order valence-corrected chi connectivity index (χ0v) is 10.9. The maximum Gasteiger partial charge on any atom is 0.135 e. The second-order valence-electron chi connectivity index (χ2n) is 4.54. The Balaban J connectivity index is 1.71. The summed E-state index contributed by atoms with van der Waals surface area (Å²) >= 11 is 6.00. The zero-order valence-electron chi connectivity index (χ0n) is 10.1. The molecule has 0 spiro atoms. The van der Waals surface area contributed by atoms with E-state index < -0.39 is 0 Å². The highest BCUT2D eigenvalue weighted by atomic mass is 35.5. The predicted octanol–water partition coefficient (Wildman–Crippen LogP) is 2.35. The number of nitrogens with zero attached hydrogens (tertiary/aromatic N) is 4. The van der Waals surface area contributed by atoms with Crippen molar-refractivity contribution in [1.82, 2.24) is 19.7 Å². The van der Waals surface area contributed by atoms with E-state index >= 15 is 0 Å². The molecule has 0 unspecified atom stereocenters. The minimum Gasteiger partial charge on any atom is -0.364 e. The highest BCUT2D eigenvalue weighted by molar-refractivity contribution is 6.29. The number of rotatable bonds is 4. The molecule has 2 aromatic rings. The van der Waals surface area contributed by atoms with Crippen LogP contribution in [0, 0.1) is 0 Å². The van der Waals surface area contributed by atoms with E-state index in [1.54, 1.807) is 10.7 Å². The summed E-state index contributed by atoms with van der Waals surface area (Å²) in [6.45, 7) is 0.637. The van der Waals surface area contributed by atoms with Crippen LogP contribution in [-0.4, -0.2) is 19.7 Å². The first-order chi connectivity index (χ1) is 8.70. The Hall–Kier alpha value is -1.62. The van der Waals surface area contributed by atoms with E-state index in [4.69, 9.17) is 11.6 Å². The van der Waals surface area contributed by atoms with Crippen LogP contribution < -0.4 is 5.32 Å². The third-order valence-corrected chi connectivity index (χ3v) is 3.07. The van der Waals surface area contributed by atoms with Crippen molar-refractivity contribution in [2.75, 3.05) is 5.32 Å². The predicted molar refractivity (Wildman–Crippen MR) is 69.6 cm³/mol. The van der Waals surface area contributed by atoms with E-state index in [2.05, 4.69) is 20.4 Å². The smallest absolute Gasteiger partial charge is 0.135 e. The van der Waals surface area contributed by atoms with E-state index in [9.17, 15) is 0 Å². The standard InChI is InChI=1S/C12H14ClN5/c1-18-5-4-9(17-18)7-14-11-6-10(13)15-12(16-11)8-2-3-8/h4-6,8H,2-3,7H2,1H3,(H,14,15,16). The largest absolute Gasteiger partial charge is 0.364 e. The number of aryl methyl sites for hydroxylation is 1. The average Bonchev–Trinajstić information content (AvgIpc) is 3.10. The van der Waals surface area contributed by atoms with Crippen LogP contribution in [0.3, 0.4) is 0 Å². The van der Waals surface area contributed by atoms with Crippen LogP contribution in [0.15, 0.2) is 18.3 Å². The van der Waals surface area contributed by atoms with Gasteiger partial charge in [-0.2, -0.15) is 5.10 Å². The van der Waals surface area contributed by atoms with Crippen LogP contribution in [0.25, 0.3) is 0 Å². The molecule has 0 amide bonds. The third kappa shape index (κ3) is 2.61. The van der Waals surface area contributed by atoms with E-state index in [0.29, 0.717) is 17.6 Å². The average molecular weight is 264 g/mol. The number of hydrogen-bond donors (Lipinski definition) is 1. The molecule has 0 saturated heterocycles. The van der Waals surface area contributed by atoms with Crippen LogP contribution >= 0.6 is 11.6 Å². The van der Waals surface area contributed by atoms with Gasteiger partial charge in [0.2, 0.25) is 0 Å². The fourth-order valence-corrected chi connectivity index (χ4v) is 1.98. The normalized spacial score (nSPS) is 14.8. The number of halogens is 1. The van der Waals surface area contributed by atoms with Crippen molar-refractivity contribution in [1.29, 1.82) is 0 Å². The Bertz CT molecular complexity index is 561. The lowest BCUT2D eigenvalue weighted by Crippen LogP contribution is -2.05. The molecule has 0 aliphatic heterocycles. The Morgan fingerprint density at radius 1 is 1.44 bits per heavy atom. The van der Waals surface area contributed by atoms with Crippen LogP contribution in [0.5, 0.6) is 0 Å². The first kappa shape index (κ1) is 11.5. The molecule has 0 bridgehead atoms. The van der Waals surface area contributed by atoms with Gasteiger partial charge in [0.05, 0.1) is 12.2 Å². The van der Waals surface area contributed by atoms with Crippen LogP contribution in [-0.2, 0) is 13.6 Å². The van der Waals surface area contributed by atoms with Crippen molar-refractivity contribution in [2.24, 2.45) is 7.05 Å². The first-order valence-electron chi connectivity index (χ1n) is 5.97. The maximum atomic E-state index is 6.00. The van der Waals surface area contributed by atoms with Gasteiger partial charge in [0.15, 0.2) is 0 Å². The molecule has 2 heterocycles. The summed E-state index contributed by atoms with van der Waals surface area (Å²) in [5, 5.41) is 8.02. The van der Waals surface area contributed by atoms with Crippen LogP contribution in [0.4, 0.5) is 5.82 Å². The lowest BCUT2D eigenvalue weighted by molar-refractivity contribution is 0.746. The summed E-state index contributed by atoms with van der Waals surface area (Å²) in [5.41, 5.74) is 0.972. The molecule has 0 aromatic carbocycles. The topological polar surface area (TPSA) is 55.6 Å². The van der Waals surface area contributed by atoms with Crippen molar-refractivity contribution < 1.29 is 0 Å². The number of hydrogen-bond acceptors (Lipinski definition) is 4. The van der Waals surface area contributed by atoms with Gasteiger partial charge in [-0.3, -0.25) is 4.68 Å². The number of anilines is 1. The lowest BCUT2D eigenvalue weighted by atomic mass is 10.4. The van der Waals surface area contributed by atoms with Crippen molar-refractivity contribution in [2.45, 2.75) is 25.3 Å². The van der Waals surface area contributed by atoms with Gasteiger partial charge < -0.3 is 5.32 Å². The molecule has 1 aliphatic rings. The zero-order chi connectivity index (χ0) is 12.5. The second-order valence-corrected chi connectivity index (χ2v) is 4.93. The lowest BCUT2D eigenvalue weighted by Gasteiger charge is -2.06. The Morgan fingerprint density at radius 3 is 2.94 bits per heavy atom. The molecule has 1 aliphatic carbocycles. The third-order valence-electron chi connectivity index (χ3n) is 2.87. The Morgan fingerprint density at radius 2 is 2.28 bits per heavy atom. The molecule has 1 fully saturated rings. The SMILES string of the molecule is Cn1ccc(CNc2cc(Cl)nc(C3CC3)n2)n1. The Kier molecular flexibility index (Phi) is 2.91. The van der Waals surface area contributed by atoms with Gasteiger partial charge in [0, 0.05) is 25.2 Å². The molecule has 2 aromatic heterocycles. The highest BCUT2D eigenvalue weighted by Gasteiger charge is 2.27. The highest BCUT2D eigenvalue weighted by Crippen LogP contribution is 2.38. The van der Waals surface area contributed by atoms with Crippen molar-refractivity contribution in [3.8, 4) is 0 Å². The van der Waals surface area contributed by atoms with Gasteiger partial charge in [-0.25, -0.2) is 9.97 Å². The minimum atomic E-state index is 0.496.